The summed E-state index contributed by atoms with van der Waals surface area (Å²) in [6.07, 6.45) is -1.40. The molecule has 0 saturated carbocycles. The van der Waals surface area contributed by atoms with Gasteiger partial charge in [0.25, 0.3) is 0 Å². The summed E-state index contributed by atoms with van der Waals surface area (Å²) in [5.74, 6) is 0. The molecule has 9 heteroatoms. The Kier molecular flexibility index (Phi) is 9.37. The number of ether oxygens (including phenoxy) is 3. The highest BCUT2D eigenvalue weighted by molar-refractivity contribution is 8.14. The van der Waals surface area contributed by atoms with E-state index in [1.54, 1.807) is 11.8 Å². The van der Waals surface area contributed by atoms with E-state index in [-0.39, 0.29) is 17.6 Å². The van der Waals surface area contributed by atoms with Gasteiger partial charge in [-0.1, -0.05) is 76.8 Å². The topological polar surface area (TPSA) is 78.7 Å². The lowest BCUT2D eigenvalue weighted by Crippen LogP contribution is -2.59. The van der Waals surface area contributed by atoms with Crippen molar-refractivity contribution in [3.63, 3.8) is 0 Å². The molecule has 0 radical (unpaired) electrons. The van der Waals surface area contributed by atoms with Crippen molar-refractivity contribution < 1.29 is 18.8 Å². The van der Waals surface area contributed by atoms with Crippen LogP contribution in [0.5, 0.6) is 0 Å². The number of fused-ring (bicyclic) bond motifs is 1. The third-order valence-corrected chi connectivity index (χ3v) is 8.92. The summed E-state index contributed by atoms with van der Waals surface area (Å²) in [4.78, 5) is 6.97. The van der Waals surface area contributed by atoms with Crippen LogP contribution >= 0.6 is 11.8 Å². The number of nitrogens with zero attached hydrogens (tertiary/aromatic N) is 3. The molecule has 2 aromatic carbocycles. The lowest BCUT2D eigenvalue weighted by molar-refractivity contribution is -0.179. The standard InChI is InChI=1S/C28H37N3O4S2/c1-19(30-37(32)28(2,3)4)23-25(34-18-21-15-11-8-12-16-21)24(33-17-20-13-9-7-10-14-20)22-26(35-23)36-27(29-22)31(5)6/h7-16,22-26H,17-18H2,1-6H3/t22-,23-,24-,25-,26-,37?/m1/s1. The Morgan fingerprint density at radius 2 is 1.54 bits per heavy atom. The summed E-state index contributed by atoms with van der Waals surface area (Å²) in [7, 11) is 3.95. The summed E-state index contributed by atoms with van der Waals surface area (Å²) >= 11 is 0.156. The van der Waals surface area contributed by atoms with E-state index in [2.05, 4.69) is 4.40 Å². The molecule has 2 aromatic rings. The van der Waals surface area contributed by atoms with Crippen LogP contribution in [0.25, 0.3) is 0 Å². The van der Waals surface area contributed by atoms with Gasteiger partial charge in [-0.2, -0.15) is 0 Å². The molecule has 200 valence electrons. The zero-order chi connectivity index (χ0) is 26.6. The van der Waals surface area contributed by atoms with Gasteiger partial charge >= 0.3 is 0 Å². The predicted octanol–water partition coefficient (Wildman–Crippen LogP) is 4.84. The molecule has 37 heavy (non-hydrogen) atoms. The third kappa shape index (κ3) is 7.16. The highest BCUT2D eigenvalue weighted by Gasteiger charge is 2.52. The van der Waals surface area contributed by atoms with Crippen molar-refractivity contribution in [2.45, 2.75) is 75.4 Å². The Morgan fingerprint density at radius 3 is 2.05 bits per heavy atom. The first-order chi connectivity index (χ1) is 17.6. The molecule has 0 amide bonds. The van der Waals surface area contributed by atoms with Gasteiger partial charge in [-0.15, -0.1) is 0 Å². The zero-order valence-electron chi connectivity index (χ0n) is 22.4. The molecule has 2 aliphatic rings. The van der Waals surface area contributed by atoms with Crippen molar-refractivity contribution in [1.82, 2.24) is 4.90 Å². The number of thioether (sulfide) groups is 1. The molecule has 2 aliphatic heterocycles. The number of benzene rings is 2. The number of aliphatic imine (C=N–C) groups is 1. The summed E-state index contributed by atoms with van der Waals surface area (Å²) < 4.78 is 36.8. The molecule has 1 saturated heterocycles. The molecule has 2 heterocycles. The Labute approximate surface area is 228 Å². The first-order valence-electron chi connectivity index (χ1n) is 12.5. The predicted molar refractivity (Wildman–Crippen MR) is 152 cm³/mol. The van der Waals surface area contributed by atoms with Gasteiger partial charge in [0.05, 0.1) is 18.9 Å². The van der Waals surface area contributed by atoms with E-state index in [1.165, 1.54) is 0 Å². The van der Waals surface area contributed by atoms with Crippen molar-refractivity contribution in [2.75, 3.05) is 14.1 Å². The highest BCUT2D eigenvalue weighted by atomic mass is 32.2. The van der Waals surface area contributed by atoms with Gasteiger partial charge in [0.1, 0.15) is 45.9 Å². The van der Waals surface area contributed by atoms with Crippen LogP contribution in [0.15, 0.2) is 70.1 Å². The Bertz CT molecular complexity index is 1080. The normalized spacial score (nSPS) is 26.9. The SMILES string of the molecule is CC(=N[S+]([O-])C(C)(C)C)[C@H]1O[C@@H]2SC(N(C)C)=N[C@@H]2[C@@H](OCc2ccccc2)[C@@H]1OCc1ccccc1. The molecular weight excluding hydrogens is 506 g/mol. The second kappa shape index (κ2) is 12.3. The first kappa shape index (κ1) is 28.1. The zero-order valence-corrected chi connectivity index (χ0v) is 24.0. The third-order valence-electron chi connectivity index (χ3n) is 6.12. The van der Waals surface area contributed by atoms with Gasteiger partial charge < -0.3 is 23.7 Å². The molecule has 7 nitrogen and oxygen atoms in total. The van der Waals surface area contributed by atoms with Gasteiger partial charge in [-0.25, -0.2) is 0 Å². The van der Waals surface area contributed by atoms with E-state index in [0.29, 0.717) is 18.9 Å². The van der Waals surface area contributed by atoms with Gasteiger partial charge in [0, 0.05) is 14.1 Å². The van der Waals surface area contributed by atoms with Crippen molar-refractivity contribution in [3.8, 4) is 0 Å². The smallest absolute Gasteiger partial charge is 0.161 e. The number of rotatable bonds is 8. The minimum Gasteiger partial charge on any atom is -0.591 e. The van der Waals surface area contributed by atoms with Crippen LogP contribution in [0.2, 0.25) is 0 Å². The van der Waals surface area contributed by atoms with E-state index >= 15 is 0 Å². The summed E-state index contributed by atoms with van der Waals surface area (Å²) in [5.41, 5.74) is 2.51. The minimum absolute atomic E-state index is 0.246. The molecule has 1 unspecified atom stereocenters. The Morgan fingerprint density at radius 1 is 1.00 bits per heavy atom. The van der Waals surface area contributed by atoms with Crippen LogP contribution in [0, 0.1) is 0 Å². The monoisotopic (exact) mass is 543 g/mol. The van der Waals surface area contributed by atoms with E-state index in [9.17, 15) is 4.55 Å². The molecule has 0 aromatic heterocycles. The second-order valence-corrected chi connectivity index (χ2v) is 13.4. The van der Waals surface area contributed by atoms with Gasteiger partial charge in [0.15, 0.2) is 5.17 Å². The maximum atomic E-state index is 12.9. The van der Waals surface area contributed by atoms with Crippen LogP contribution in [0.4, 0.5) is 0 Å². The van der Waals surface area contributed by atoms with Crippen molar-refractivity contribution in [3.05, 3.63) is 71.8 Å². The first-order valence-corrected chi connectivity index (χ1v) is 14.5. The maximum Gasteiger partial charge on any atom is 0.161 e. The van der Waals surface area contributed by atoms with E-state index in [4.69, 9.17) is 19.2 Å². The van der Waals surface area contributed by atoms with Gasteiger partial charge in [0.2, 0.25) is 0 Å². The number of hydrogen-bond acceptors (Lipinski definition) is 8. The average Bonchev–Trinajstić information content (AvgIpc) is 3.31. The molecule has 0 aliphatic carbocycles. The van der Waals surface area contributed by atoms with Crippen LogP contribution in [-0.4, -0.2) is 69.0 Å². The van der Waals surface area contributed by atoms with E-state index < -0.39 is 28.3 Å². The van der Waals surface area contributed by atoms with Gasteiger partial charge in [-0.3, -0.25) is 4.99 Å². The van der Waals surface area contributed by atoms with Gasteiger partial charge in [-0.05, 0) is 38.8 Å². The second-order valence-electron chi connectivity index (χ2n) is 10.5. The number of amidine groups is 1. The largest absolute Gasteiger partial charge is 0.591 e. The lowest BCUT2D eigenvalue weighted by Gasteiger charge is -2.42. The lowest BCUT2D eigenvalue weighted by atomic mass is 9.95. The average molecular weight is 544 g/mol. The van der Waals surface area contributed by atoms with E-state index in [1.807, 2.05) is 107 Å². The fraction of sp³-hybridized carbons (Fsp3) is 0.500. The molecule has 0 N–H and O–H groups in total. The quantitative estimate of drug-likeness (QED) is 0.350. The molecule has 0 spiro atoms. The summed E-state index contributed by atoms with van der Waals surface area (Å²) in [6.45, 7) is 8.43. The van der Waals surface area contributed by atoms with Crippen LogP contribution < -0.4 is 0 Å². The van der Waals surface area contributed by atoms with Crippen LogP contribution in [-0.2, 0) is 38.8 Å². The maximum absolute atomic E-state index is 12.9. The summed E-state index contributed by atoms with van der Waals surface area (Å²) in [6, 6.07) is 19.9. The minimum atomic E-state index is -1.42. The highest BCUT2D eigenvalue weighted by Crippen LogP contribution is 2.40. The van der Waals surface area contributed by atoms with Crippen molar-refractivity contribution in [1.29, 1.82) is 0 Å². The van der Waals surface area contributed by atoms with E-state index in [0.717, 1.165) is 16.3 Å². The van der Waals surface area contributed by atoms with Crippen LogP contribution in [0.1, 0.15) is 38.8 Å². The summed E-state index contributed by atoms with van der Waals surface area (Å²) in [5, 5.41) is 0.888. The van der Waals surface area contributed by atoms with Crippen LogP contribution in [0.3, 0.4) is 0 Å². The van der Waals surface area contributed by atoms with Crippen molar-refractivity contribution in [2.24, 2.45) is 9.39 Å². The Hall–Kier alpha value is -1.88. The fourth-order valence-electron chi connectivity index (χ4n) is 4.10. The fourth-order valence-corrected chi connectivity index (χ4v) is 5.87. The molecular formula is C28H37N3O4S2. The number of hydrogen-bond donors (Lipinski definition) is 0. The Balaban J connectivity index is 1.67. The molecule has 6 atom stereocenters. The van der Waals surface area contributed by atoms with Crippen molar-refractivity contribution >= 4 is 34.0 Å². The molecule has 4 rings (SSSR count). The molecule has 1 fully saturated rings. The molecule has 0 bridgehead atoms.